The second-order valence-corrected chi connectivity index (χ2v) is 15.1. The lowest BCUT2D eigenvalue weighted by atomic mass is 9.92. The number of nitrogens with zero attached hydrogens (tertiary/aromatic N) is 4. The molecule has 7 aromatic carbocycles. The molecular formula is C53H38N4. The molecule has 3 aromatic heterocycles. The quantitative estimate of drug-likeness (QED) is 0.171. The molecule has 1 aliphatic carbocycles. The number of hydrogen-bond acceptors (Lipinski definition) is 2. The zero-order chi connectivity index (χ0) is 37.9. The van der Waals surface area contributed by atoms with E-state index in [-0.39, 0.29) is 0 Å². The smallest absolute Gasteiger partial charge is 0.162 e. The van der Waals surface area contributed by atoms with E-state index in [0.717, 1.165) is 56.4 Å². The van der Waals surface area contributed by atoms with Crippen LogP contribution in [0.2, 0.25) is 0 Å². The van der Waals surface area contributed by atoms with E-state index in [4.69, 9.17) is 9.97 Å². The highest BCUT2D eigenvalue weighted by molar-refractivity contribution is 6.15. The molecule has 0 bridgehead atoms. The SMILES string of the molecule is CC1C=Cc2c(c3cc(-c4cccc(-c5ccc6c(c5)c5c(-c7ccccc7)nc(-c7ccccc7)nc5n6-c5ccccc5)c4)ccc3n2-c2ccccc2)C1. The van der Waals surface area contributed by atoms with Crippen LogP contribution in [0, 0.1) is 5.92 Å². The molecule has 3 heterocycles. The molecule has 0 N–H and O–H groups in total. The number of fused-ring (bicyclic) bond motifs is 6. The minimum atomic E-state index is 0.500. The normalized spacial score (nSPS) is 13.7. The van der Waals surface area contributed by atoms with Gasteiger partial charge in [-0.2, -0.15) is 0 Å². The maximum atomic E-state index is 5.33. The molecular weight excluding hydrogens is 693 g/mol. The van der Waals surface area contributed by atoms with Gasteiger partial charge in [0, 0.05) is 39.0 Å². The standard InChI is InChI=1S/C53H38N4/c1-35-25-28-47-44(31-35)45-33-40(26-29-48(45)56(47)42-21-10-4-11-22-42)38-19-14-20-39(32-38)41-27-30-49-46(34-41)50-51(36-15-6-2-7-16-36)54-52(37-17-8-3-9-18-37)55-53(50)57(49)43-23-12-5-13-24-43/h2-30,32-35H,31H2,1H3. The van der Waals surface area contributed by atoms with Gasteiger partial charge in [-0.3, -0.25) is 4.57 Å². The van der Waals surface area contributed by atoms with Crippen LogP contribution in [0.4, 0.5) is 0 Å². The number of para-hydroxylation sites is 2. The van der Waals surface area contributed by atoms with Gasteiger partial charge in [-0.1, -0.05) is 140 Å². The van der Waals surface area contributed by atoms with Gasteiger partial charge in [0.05, 0.1) is 22.1 Å². The number of rotatable bonds is 6. The maximum Gasteiger partial charge on any atom is 0.162 e. The van der Waals surface area contributed by atoms with E-state index in [0.29, 0.717) is 11.7 Å². The summed E-state index contributed by atoms with van der Waals surface area (Å²) in [5.41, 5.74) is 15.9. The monoisotopic (exact) mass is 730 g/mol. The summed E-state index contributed by atoms with van der Waals surface area (Å²) in [6.45, 7) is 2.31. The van der Waals surface area contributed by atoms with Gasteiger partial charge < -0.3 is 4.57 Å². The molecule has 270 valence electrons. The molecule has 0 fully saturated rings. The lowest BCUT2D eigenvalue weighted by Gasteiger charge is -2.15. The van der Waals surface area contributed by atoms with E-state index in [1.807, 2.05) is 18.2 Å². The van der Waals surface area contributed by atoms with Crippen molar-refractivity contribution in [2.75, 3.05) is 0 Å². The average molecular weight is 731 g/mol. The van der Waals surface area contributed by atoms with Crippen molar-refractivity contribution < 1.29 is 0 Å². The summed E-state index contributed by atoms with van der Waals surface area (Å²) in [6.07, 6.45) is 5.69. The van der Waals surface area contributed by atoms with E-state index < -0.39 is 0 Å². The summed E-state index contributed by atoms with van der Waals surface area (Å²) in [4.78, 5) is 10.6. The third-order valence-electron chi connectivity index (χ3n) is 11.5. The van der Waals surface area contributed by atoms with Crippen LogP contribution in [0.15, 0.2) is 188 Å². The molecule has 1 atom stereocenters. The molecule has 0 aliphatic heterocycles. The van der Waals surface area contributed by atoms with Crippen molar-refractivity contribution in [1.29, 1.82) is 0 Å². The molecule has 0 radical (unpaired) electrons. The van der Waals surface area contributed by atoms with Crippen LogP contribution in [0.1, 0.15) is 18.2 Å². The Morgan fingerprint density at radius 1 is 0.474 bits per heavy atom. The highest BCUT2D eigenvalue weighted by atomic mass is 15.1. The largest absolute Gasteiger partial charge is 0.310 e. The molecule has 1 unspecified atom stereocenters. The van der Waals surface area contributed by atoms with Gasteiger partial charge in [0.2, 0.25) is 0 Å². The summed E-state index contributed by atoms with van der Waals surface area (Å²) in [5.74, 6) is 1.21. The summed E-state index contributed by atoms with van der Waals surface area (Å²) in [7, 11) is 0. The van der Waals surface area contributed by atoms with E-state index in [9.17, 15) is 0 Å². The average Bonchev–Trinajstić information content (AvgIpc) is 3.79. The molecule has 0 saturated heterocycles. The molecule has 11 rings (SSSR count). The van der Waals surface area contributed by atoms with Crippen molar-refractivity contribution in [3.05, 3.63) is 199 Å². The number of allylic oxidation sites excluding steroid dienone is 1. The second-order valence-electron chi connectivity index (χ2n) is 15.1. The van der Waals surface area contributed by atoms with Crippen molar-refractivity contribution in [1.82, 2.24) is 19.1 Å². The van der Waals surface area contributed by atoms with Crippen LogP contribution in [0.25, 0.3) is 95.2 Å². The predicted molar refractivity (Wildman–Crippen MR) is 237 cm³/mol. The fourth-order valence-corrected chi connectivity index (χ4v) is 8.77. The number of aromatic nitrogens is 4. The highest BCUT2D eigenvalue weighted by Gasteiger charge is 2.23. The fourth-order valence-electron chi connectivity index (χ4n) is 8.77. The van der Waals surface area contributed by atoms with Crippen molar-refractivity contribution in [2.24, 2.45) is 5.92 Å². The first-order valence-electron chi connectivity index (χ1n) is 19.7. The highest BCUT2D eigenvalue weighted by Crippen LogP contribution is 2.41. The minimum absolute atomic E-state index is 0.500. The molecule has 0 spiro atoms. The molecule has 4 heteroatoms. The Morgan fingerprint density at radius 2 is 1.00 bits per heavy atom. The van der Waals surface area contributed by atoms with Gasteiger partial charge in [-0.15, -0.1) is 0 Å². The summed E-state index contributed by atoms with van der Waals surface area (Å²) in [5, 5.41) is 3.48. The Labute approximate surface area is 331 Å². The van der Waals surface area contributed by atoms with E-state index in [2.05, 4.69) is 192 Å². The van der Waals surface area contributed by atoms with Gasteiger partial charge in [0.1, 0.15) is 5.65 Å². The Kier molecular flexibility index (Phi) is 7.82. The Hall–Kier alpha value is -7.30. The second kappa shape index (κ2) is 13.5. The fraction of sp³-hybridized carbons (Fsp3) is 0.0566. The van der Waals surface area contributed by atoms with Crippen molar-refractivity contribution in [3.8, 4) is 56.3 Å². The third kappa shape index (κ3) is 5.60. The summed E-state index contributed by atoms with van der Waals surface area (Å²) in [6, 6.07) is 64.9. The van der Waals surface area contributed by atoms with Gasteiger partial charge in [0.25, 0.3) is 0 Å². The van der Waals surface area contributed by atoms with Crippen molar-refractivity contribution in [2.45, 2.75) is 13.3 Å². The van der Waals surface area contributed by atoms with Gasteiger partial charge in [-0.05, 0) is 101 Å². The minimum Gasteiger partial charge on any atom is -0.310 e. The van der Waals surface area contributed by atoms with Crippen LogP contribution in [-0.2, 0) is 6.42 Å². The van der Waals surface area contributed by atoms with E-state index >= 15 is 0 Å². The van der Waals surface area contributed by atoms with Gasteiger partial charge in [-0.25, -0.2) is 9.97 Å². The predicted octanol–water partition coefficient (Wildman–Crippen LogP) is 13.4. The molecule has 1 aliphatic rings. The van der Waals surface area contributed by atoms with Gasteiger partial charge >= 0.3 is 0 Å². The van der Waals surface area contributed by atoms with Crippen molar-refractivity contribution >= 4 is 38.9 Å². The zero-order valence-electron chi connectivity index (χ0n) is 31.5. The van der Waals surface area contributed by atoms with Gasteiger partial charge in [0.15, 0.2) is 5.82 Å². The Morgan fingerprint density at radius 3 is 1.65 bits per heavy atom. The molecule has 4 nitrogen and oxygen atoms in total. The first-order chi connectivity index (χ1) is 28.2. The lowest BCUT2D eigenvalue weighted by Crippen LogP contribution is -2.05. The third-order valence-corrected chi connectivity index (χ3v) is 11.5. The van der Waals surface area contributed by atoms with Crippen LogP contribution < -0.4 is 0 Å². The Balaban J connectivity index is 1.10. The summed E-state index contributed by atoms with van der Waals surface area (Å²) >= 11 is 0. The van der Waals surface area contributed by atoms with Crippen LogP contribution in [-0.4, -0.2) is 19.1 Å². The van der Waals surface area contributed by atoms with Crippen molar-refractivity contribution in [3.63, 3.8) is 0 Å². The van der Waals surface area contributed by atoms with Crippen LogP contribution in [0.3, 0.4) is 0 Å². The molecule has 57 heavy (non-hydrogen) atoms. The molecule has 0 saturated carbocycles. The van der Waals surface area contributed by atoms with E-state index in [1.54, 1.807) is 0 Å². The van der Waals surface area contributed by atoms with E-state index in [1.165, 1.54) is 44.5 Å². The maximum absolute atomic E-state index is 5.33. The van der Waals surface area contributed by atoms with Crippen LogP contribution in [0.5, 0.6) is 0 Å². The number of benzene rings is 7. The van der Waals surface area contributed by atoms with Crippen LogP contribution >= 0.6 is 0 Å². The molecule has 0 amide bonds. The molecule has 10 aromatic rings. The number of hydrogen-bond donors (Lipinski definition) is 0. The first kappa shape index (κ1) is 33.1. The first-order valence-corrected chi connectivity index (χ1v) is 19.7. The Bertz CT molecular complexity index is 3140. The lowest BCUT2D eigenvalue weighted by molar-refractivity contribution is 0.718. The summed E-state index contributed by atoms with van der Waals surface area (Å²) < 4.78 is 4.71. The topological polar surface area (TPSA) is 35.6 Å². The zero-order valence-corrected chi connectivity index (χ0v) is 31.5.